The summed E-state index contributed by atoms with van der Waals surface area (Å²) in [6, 6.07) is -0.0972. The summed E-state index contributed by atoms with van der Waals surface area (Å²) >= 11 is 4.69. The zero-order valence-corrected chi connectivity index (χ0v) is 7.97. The lowest BCUT2D eigenvalue weighted by Gasteiger charge is -2.10. The van der Waals surface area contributed by atoms with E-state index in [2.05, 4.69) is 26.1 Å². The van der Waals surface area contributed by atoms with Crippen molar-refractivity contribution in [2.45, 2.75) is 26.3 Å². The first-order chi connectivity index (χ1) is 4.04. The third-order valence-corrected chi connectivity index (χ3v) is 1.39. The second kappa shape index (κ2) is 5.89. The molecule has 0 aromatic heterocycles. The molecule has 1 atom stereocenters. The van der Waals surface area contributed by atoms with Crippen molar-refractivity contribution in [1.82, 2.24) is 0 Å². The predicted octanol–water partition coefficient (Wildman–Crippen LogP) is 1.07. The summed E-state index contributed by atoms with van der Waals surface area (Å²) < 4.78 is 0. The van der Waals surface area contributed by atoms with E-state index in [-0.39, 0.29) is 18.4 Å². The highest BCUT2D eigenvalue weighted by atomic mass is 35.5. The molecule has 0 spiro atoms. The smallest absolute Gasteiger partial charge is 0.0897 e. The molecule has 10 heavy (non-hydrogen) atoms. The molecule has 0 aliphatic rings. The lowest BCUT2D eigenvalue weighted by molar-refractivity contribution is 0.561. The van der Waals surface area contributed by atoms with Crippen LogP contribution in [0, 0.1) is 5.92 Å². The van der Waals surface area contributed by atoms with Crippen LogP contribution in [0.3, 0.4) is 0 Å². The fraction of sp³-hybridized carbons (Fsp3) is 0.833. The van der Waals surface area contributed by atoms with Gasteiger partial charge in [-0.1, -0.05) is 26.1 Å². The fourth-order valence-corrected chi connectivity index (χ4v) is 0.720. The standard InChI is InChI=1S/C6H14N2S.ClH/c1-4(2)3-5(7)6(8)9;/h4-5H,3,7H2,1-2H3,(H2,8,9);1H/t5-;/m0./s1. The Labute approximate surface area is 73.8 Å². The molecule has 4 N–H and O–H groups in total. The Bertz CT molecular complexity index is 106. The van der Waals surface area contributed by atoms with Crippen LogP contribution in [0.1, 0.15) is 20.3 Å². The van der Waals surface area contributed by atoms with Gasteiger partial charge >= 0.3 is 0 Å². The molecule has 0 bridgehead atoms. The third-order valence-electron chi connectivity index (χ3n) is 1.09. The van der Waals surface area contributed by atoms with Crippen molar-refractivity contribution in [3.8, 4) is 0 Å². The van der Waals surface area contributed by atoms with Gasteiger partial charge in [0.05, 0.1) is 11.0 Å². The first-order valence-corrected chi connectivity index (χ1v) is 3.49. The summed E-state index contributed by atoms with van der Waals surface area (Å²) in [5, 5.41) is 0. The van der Waals surface area contributed by atoms with E-state index in [9.17, 15) is 0 Å². The monoisotopic (exact) mass is 182 g/mol. The van der Waals surface area contributed by atoms with Crippen LogP contribution < -0.4 is 11.5 Å². The number of nitrogens with two attached hydrogens (primary N) is 2. The highest BCUT2D eigenvalue weighted by molar-refractivity contribution is 7.80. The van der Waals surface area contributed by atoms with Crippen LogP contribution in [-0.4, -0.2) is 11.0 Å². The molecule has 2 nitrogen and oxygen atoms in total. The minimum atomic E-state index is -0.0972. The normalized spacial score (nSPS) is 12.4. The Morgan fingerprint density at radius 3 is 2.00 bits per heavy atom. The average Bonchev–Trinajstić information content (AvgIpc) is 1.63. The SMILES string of the molecule is CC(C)C[C@H](N)C(N)=S.Cl. The summed E-state index contributed by atoms with van der Waals surface area (Å²) in [4.78, 5) is 0.420. The second-order valence-electron chi connectivity index (χ2n) is 2.64. The van der Waals surface area contributed by atoms with Crippen LogP contribution in [0.2, 0.25) is 0 Å². The van der Waals surface area contributed by atoms with Gasteiger partial charge < -0.3 is 11.5 Å². The van der Waals surface area contributed by atoms with E-state index in [1.54, 1.807) is 0 Å². The van der Waals surface area contributed by atoms with E-state index in [1.165, 1.54) is 0 Å². The van der Waals surface area contributed by atoms with Gasteiger partial charge in [0.15, 0.2) is 0 Å². The summed E-state index contributed by atoms with van der Waals surface area (Å²) in [5.41, 5.74) is 10.8. The number of halogens is 1. The minimum absolute atomic E-state index is 0. The summed E-state index contributed by atoms with van der Waals surface area (Å²) in [5.74, 6) is 0.571. The first-order valence-electron chi connectivity index (χ1n) is 3.09. The average molecular weight is 183 g/mol. The maximum Gasteiger partial charge on any atom is 0.0897 e. The summed E-state index contributed by atoms with van der Waals surface area (Å²) in [6.45, 7) is 4.19. The molecule has 0 unspecified atom stereocenters. The Hall–Kier alpha value is 0.140. The second-order valence-corrected chi connectivity index (χ2v) is 3.11. The molecule has 0 aliphatic carbocycles. The van der Waals surface area contributed by atoms with Crippen molar-refractivity contribution < 1.29 is 0 Å². The highest BCUT2D eigenvalue weighted by Crippen LogP contribution is 2.01. The van der Waals surface area contributed by atoms with Crippen molar-refractivity contribution >= 4 is 29.6 Å². The van der Waals surface area contributed by atoms with Gasteiger partial charge in [-0.05, 0) is 12.3 Å². The number of rotatable bonds is 3. The Morgan fingerprint density at radius 1 is 1.50 bits per heavy atom. The Morgan fingerprint density at radius 2 is 1.90 bits per heavy atom. The van der Waals surface area contributed by atoms with Gasteiger partial charge in [-0.15, -0.1) is 12.4 Å². The van der Waals surface area contributed by atoms with Crippen LogP contribution in [0.4, 0.5) is 0 Å². The van der Waals surface area contributed by atoms with Crippen molar-refractivity contribution in [1.29, 1.82) is 0 Å². The number of hydrogen-bond donors (Lipinski definition) is 2. The summed E-state index contributed by atoms with van der Waals surface area (Å²) in [7, 11) is 0. The van der Waals surface area contributed by atoms with Gasteiger partial charge in [0.2, 0.25) is 0 Å². The van der Waals surface area contributed by atoms with Crippen LogP contribution in [0.5, 0.6) is 0 Å². The Kier molecular flexibility index (Phi) is 7.53. The van der Waals surface area contributed by atoms with Crippen molar-refractivity contribution in [2.75, 3.05) is 0 Å². The van der Waals surface area contributed by atoms with Crippen molar-refractivity contribution in [3.05, 3.63) is 0 Å². The van der Waals surface area contributed by atoms with Crippen molar-refractivity contribution in [2.24, 2.45) is 17.4 Å². The zero-order chi connectivity index (χ0) is 7.44. The Balaban J connectivity index is 0. The minimum Gasteiger partial charge on any atom is -0.392 e. The highest BCUT2D eigenvalue weighted by Gasteiger charge is 2.06. The molecule has 0 aromatic carbocycles. The van der Waals surface area contributed by atoms with Gasteiger partial charge in [0.1, 0.15) is 0 Å². The lowest BCUT2D eigenvalue weighted by atomic mass is 10.1. The first kappa shape index (κ1) is 12.8. The third kappa shape index (κ3) is 6.26. The van der Waals surface area contributed by atoms with E-state index in [4.69, 9.17) is 11.5 Å². The van der Waals surface area contributed by atoms with Crippen LogP contribution in [-0.2, 0) is 0 Å². The van der Waals surface area contributed by atoms with Crippen LogP contribution in [0.15, 0.2) is 0 Å². The predicted molar refractivity (Wildman–Crippen MR) is 51.5 cm³/mol. The quantitative estimate of drug-likeness (QED) is 0.643. The molecule has 4 heteroatoms. The van der Waals surface area contributed by atoms with E-state index >= 15 is 0 Å². The molecular formula is C6H15ClN2S. The number of hydrogen-bond acceptors (Lipinski definition) is 2. The maximum absolute atomic E-state index is 5.55. The van der Waals surface area contributed by atoms with Crippen LogP contribution >= 0.6 is 24.6 Å². The molecule has 0 amide bonds. The number of thiocarbonyl (C=S) groups is 1. The van der Waals surface area contributed by atoms with E-state index in [0.29, 0.717) is 10.9 Å². The fourth-order valence-electron chi connectivity index (χ4n) is 0.624. The molecule has 0 fully saturated rings. The molecule has 0 rings (SSSR count). The molecule has 0 aliphatic heterocycles. The van der Waals surface area contributed by atoms with Gasteiger partial charge in [0.25, 0.3) is 0 Å². The van der Waals surface area contributed by atoms with Gasteiger partial charge in [0, 0.05) is 0 Å². The largest absolute Gasteiger partial charge is 0.392 e. The molecule has 0 radical (unpaired) electrons. The van der Waals surface area contributed by atoms with E-state index in [1.807, 2.05) is 0 Å². The van der Waals surface area contributed by atoms with E-state index in [0.717, 1.165) is 6.42 Å². The topological polar surface area (TPSA) is 52.0 Å². The molecule has 0 heterocycles. The molecule has 0 saturated carbocycles. The summed E-state index contributed by atoms with van der Waals surface area (Å²) in [6.07, 6.45) is 0.884. The van der Waals surface area contributed by atoms with Gasteiger partial charge in [-0.3, -0.25) is 0 Å². The maximum atomic E-state index is 5.55. The van der Waals surface area contributed by atoms with Crippen molar-refractivity contribution in [3.63, 3.8) is 0 Å². The lowest BCUT2D eigenvalue weighted by Crippen LogP contribution is -2.35. The van der Waals surface area contributed by atoms with E-state index < -0.39 is 0 Å². The van der Waals surface area contributed by atoms with Gasteiger partial charge in [-0.2, -0.15) is 0 Å². The van der Waals surface area contributed by atoms with Crippen LogP contribution in [0.25, 0.3) is 0 Å². The molecule has 0 saturated heterocycles. The molecular weight excluding hydrogens is 168 g/mol. The van der Waals surface area contributed by atoms with Gasteiger partial charge in [-0.25, -0.2) is 0 Å². The zero-order valence-electron chi connectivity index (χ0n) is 6.33. The molecule has 62 valence electrons. The molecule has 0 aromatic rings.